The molecule has 0 radical (unpaired) electrons. The van der Waals surface area contributed by atoms with Crippen molar-refractivity contribution in [3.63, 3.8) is 0 Å². The van der Waals surface area contributed by atoms with Gasteiger partial charge in [0.05, 0.1) is 18.3 Å². The third-order valence-electron chi connectivity index (χ3n) is 13.5. The molecule has 1 aliphatic rings. The normalized spacial score (nSPS) is 23.2. The highest BCUT2D eigenvalue weighted by molar-refractivity contribution is 6.75. The van der Waals surface area contributed by atoms with Crippen LogP contribution in [0.15, 0.2) is 6.07 Å². The second kappa shape index (κ2) is 15.0. The molecule has 1 aromatic carbocycles. The average molecular weight is 739 g/mol. The molecule has 49 heavy (non-hydrogen) atoms. The van der Waals surface area contributed by atoms with Crippen LogP contribution >= 0.6 is 0 Å². The Morgan fingerprint density at radius 2 is 1.22 bits per heavy atom. The van der Waals surface area contributed by atoms with Crippen molar-refractivity contribution >= 4 is 25.0 Å². The molecule has 2 rings (SSSR count). The predicted molar refractivity (Wildman–Crippen MR) is 216 cm³/mol. The smallest absolute Gasteiger partial charge is 0.250 e. The van der Waals surface area contributed by atoms with Gasteiger partial charge in [0.15, 0.2) is 14.6 Å². The molecule has 6 atom stereocenters. The molecule has 6 nitrogen and oxygen atoms in total. The fourth-order valence-electron chi connectivity index (χ4n) is 5.76. The van der Waals surface area contributed by atoms with Gasteiger partial charge in [0.2, 0.25) is 16.6 Å². The third kappa shape index (κ3) is 10.3. The molecule has 9 heteroatoms. The van der Waals surface area contributed by atoms with E-state index in [0.717, 1.165) is 22.6 Å². The van der Waals surface area contributed by atoms with Crippen LogP contribution in [0.3, 0.4) is 0 Å². The van der Waals surface area contributed by atoms with Crippen LogP contribution in [0.25, 0.3) is 0 Å². The summed E-state index contributed by atoms with van der Waals surface area (Å²) in [6.07, 6.45) is -0.289. The molecule has 1 aliphatic heterocycles. The summed E-state index contributed by atoms with van der Waals surface area (Å²) in [6, 6.07) is 2.16. The Balaban J connectivity index is 2.74. The zero-order valence-electron chi connectivity index (χ0n) is 35.7. The van der Waals surface area contributed by atoms with Gasteiger partial charge in [-0.3, -0.25) is 0 Å². The second-order valence-corrected chi connectivity index (χ2v) is 34.9. The molecule has 1 unspecified atom stereocenters. The van der Waals surface area contributed by atoms with Gasteiger partial charge >= 0.3 is 0 Å². The predicted octanol–water partition coefficient (Wildman–Crippen LogP) is 11.2. The fourth-order valence-corrected chi connectivity index (χ4v) is 9.31. The standard InChI is InChI=1S/C40H78O6Si3/c1-26-22-36(42)43-35(40(26,14)15)24-31(41)29(4)32(44-47(16,17)37(5,6)7)23-30-27(2)33(45-48(18,19)38(8,9)10)25-34(28(30)3)46-49(20,21)39(11,12)13/h25-26,29,31-32,35-36,41-42H,22-24H2,1-21H3/t26-,29-,31+,32-,35-,36?/m1/s1. The summed E-state index contributed by atoms with van der Waals surface area (Å²) < 4.78 is 27.5. The Morgan fingerprint density at radius 1 is 0.816 bits per heavy atom. The highest BCUT2D eigenvalue weighted by Gasteiger charge is 2.46. The maximum Gasteiger partial charge on any atom is 0.250 e. The summed E-state index contributed by atoms with van der Waals surface area (Å²) in [6.45, 7) is 47.3. The summed E-state index contributed by atoms with van der Waals surface area (Å²) in [5.41, 5.74) is 3.27. The lowest BCUT2D eigenvalue weighted by Gasteiger charge is -2.47. The van der Waals surface area contributed by atoms with Crippen LogP contribution in [-0.4, -0.2) is 59.8 Å². The van der Waals surface area contributed by atoms with Crippen molar-refractivity contribution in [3.05, 3.63) is 22.8 Å². The van der Waals surface area contributed by atoms with Crippen LogP contribution in [0, 0.1) is 31.1 Å². The molecule has 0 aliphatic carbocycles. The van der Waals surface area contributed by atoms with Gasteiger partial charge in [-0.25, -0.2) is 0 Å². The lowest BCUT2D eigenvalue weighted by molar-refractivity contribution is -0.230. The van der Waals surface area contributed by atoms with E-state index in [1.165, 1.54) is 5.56 Å². The highest BCUT2D eigenvalue weighted by atomic mass is 28.4. The Bertz CT molecular complexity index is 1220. The zero-order chi connectivity index (χ0) is 38.5. The Hall–Kier alpha value is -0.689. The molecule has 0 saturated carbocycles. The molecular weight excluding hydrogens is 661 g/mol. The summed E-state index contributed by atoms with van der Waals surface area (Å²) in [7, 11) is -6.60. The second-order valence-electron chi connectivity index (χ2n) is 20.6. The molecule has 286 valence electrons. The van der Waals surface area contributed by atoms with E-state index >= 15 is 0 Å². The summed E-state index contributed by atoms with van der Waals surface area (Å²) >= 11 is 0. The van der Waals surface area contributed by atoms with E-state index in [1.54, 1.807) is 0 Å². The van der Waals surface area contributed by atoms with Crippen LogP contribution in [0.4, 0.5) is 0 Å². The number of hydrogen-bond donors (Lipinski definition) is 2. The van der Waals surface area contributed by atoms with Gasteiger partial charge in [-0.2, -0.15) is 0 Å². The minimum Gasteiger partial charge on any atom is -0.543 e. The quantitative estimate of drug-likeness (QED) is 0.208. The summed E-state index contributed by atoms with van der Waals surface area (Å²) in [5, 5.41) is 22.6. The number of hydrogen-bond acceptors (Lipinski definition) is 6. The van der Waals surface area contributed by atoms with Crippen molar-refractivity contribution in [3.8, 4) is 11.5 Å². The monoisotopic (exact) mass is 739 g/mol. The molecule has 1 heterocycles. The molecule has 0 amide bonds. The van der Waals surface area contributed by atoms with Crippen molar-refractivity contribution in [1.29, 1.82) is 0 Å². The maximum atomic E-state index is 12.0. The first kappa shape index (κ1) is 44.5. The summed E-state index contributed by atoms with van der Waals surface area (Å²) in [5.74, 6) is 1.90. The van der Waals surface area contributed by atoms with Gasteiger partial charge in [0.1, 0.15) is 11.5 Å². The van der Waals surface area contributed by atoms with Crippen molar-refractivity contribution in [1.82, 2.24) is 0 Å². The molecule has 0 spiro atoms. The minimum atomic E-state index is -2.25. The average Bonchev–Trinajstić information content (AvgIpc) is 2.89. The molecule has 2 N–H and O–H groups in total. The van der Waals surface area contributed by atoms with Crippen LogP contribution in [0.1, 0.15) is 120 Å². The Morgan fingerprint density at radius 3 is 1.61 bits per heavy atom. The van der Waals surface area contributed by atoms with Crippen molar-refractivity contribution in [2.45, 2.75) is 202 Å². The van der Waals surface area contributed by atoms with E-state index in [9.17, 15) is 10.2 Å². The topological polar surface area (TPSA) is 77.4 Å². The van der Waals surface area contributed by atoms with Gasteiger partial charge in [-0.1, -0.05) is 90.0 Å². The first-order chi connectivity index (χ1) is 21.7. The lowest BCUT2D eigenvalue weighted by atomic mass is 9.69. The van der Waals surface area contributed by atoms with Crippen molar-refractivity contribution in [2.24, 2.45) is 17.3 Å². The van der Waals surface area contributed by atoms with Gasteiger partial charge in [-0.05, 0) is 103 Å². The first-order valence-corrected chi connectivity index (χ1v) is 27.6. The van der Waals surface area contributed by atoms with Crippen LogP contribution < -0.4 is 8.85 Å². The van der Waals surface area contributed by atoms with Crippen molar-refractivity contribution in [2.75, 3.05) is 0 Å². The highest BCUT2D eigenvalue weighted by Crippen LogP contribution is 2.47. The molecule has 0 aromatic heterocycles. The van der Waals surface area contributed by atoms with Crippen LogP contribution in [0.2, 0.25) is 54.4 Å². The number of ether oxygens (including phenoxy) is 1. The van der Waals surface area contributed by atoms with E-state index in [2.05, 4.69) is 149 Å². The van der Waals surface area contributed by atoms with Crippen LogP contribution in [0.5, 0.6) is 11.5 Å². The molecular formula is C40H78O6Si3. The van der Waals surface area contributed by atoms with E-state index in [-0.39, 0.29) is 44.6 Å². The first-order valence-electron chi connectivity index (χ1n) is 18.9. The fraction of sp³-hybridized carbons (Fsp3) is 0.850. The van der Waals surface area contributed by atoms with E-state index in [4.69, 9.17) is 18.0 Å². The molecule has 1 fully saturated rings. The third-order valence-corrected chi connectivity index (χ3v) is 26.7. The lowest BCUT2D eigenvalue weighted by Crippen LogP contribution is -2.51. The maximum absolute atomic E-state index is 12.0. The number of benzene rings is 1. The molecule has 1 saturated heterocycles. The SMILES string of the molecule is Cc1c(O[Si](C)(C)C(C)(C)C)cc(O[Si](C)(C)C(C)(C)C)c(C)c1C[C@@H](O[Si](C)(C)C(C)(C)C)[C@H](C)[C@@H](O)C[C@H]1OC(O)C[C@@H](C)C1(C)C. The van der Waals surface area contributed by atoms with Crippen molar-refractivity contribution < 1.29 is 28.2 Å². The van der Waals surface area contributed by atoms with Gasteiger partial charge in [-0.15, -0.1) is 0 Å². The Kier molecular flexibility index (Phi) is 13.6. The largest absolute Gasteiger partial charge is 0.543 e. The van der Waals surface area contributed by atoms with E-state index < -0.39 is 37.3 Å². The number of aliphatic hydroxyl groups excluding tert-OH is 2. The van der Waals surface area contributed by atoms with Gasteiger partial charge < -0.3 is 28.2 Å². The minimum absolute atomic E-state index is 0.00206. The van der Waals surface area contributed by atoms with E-state index in [1.807, 2.05) is 0 Å². The molecule has 0 bridgehead atoms. The summed E-state index contributed by atoms with van der Waals surface area (Å²) in [4.78, 5) is 0. The Labute approximate surface area is 305 Å². The zero-order valence-corrected chi connectivity index (χ0v) is 38.7. The number of rotatable bonds is 12. The van der Waals surface area contributed by atoms with E-state index in [0.29, 0.717) is 19.3 Å². The van der Waals surface area contributed by atoms with Gasteiger partial charge in [0, 0.05) is 24.8 Å². The van der Waals surface area contributed by atoms with Gasteiger partial charge in [0.25, 0.3) is 0 Å². The number of aliphatic hydroxyl groups is 2. The van der Waals surface area contributed by atoms with Crippen LogP contribution in [-0.2, 0) is 15.6 Å². The molecule has 1 aromatic rings.